The summed E-state index contributed by atoms with van der Waals surface area (Å²) in [5.41, 5.74) is 1.31. The molecular formula is C10H8N6OS. The smallest absolute Gasteiger partial charge is 0.228 e. The van der Waals surface area contributed by atoms with E-state index in [1.54, 1.807) is 24.3 Å². The molecule has 0 aliphatic rings. The Morgan fingerprint density at radius 1 is 1.56 bits per heavy atom. The number of nitriles is 1. The SMILES string of the molecule is CC(=O)Nc1cccc(-n2nnnc2SC#N)c1. The third-order valence-corrected chi connectivity index (χ3v) is 2.52. The summed E-state index contributed by atoms with van der Waals surface area (Å²) in [6.07, 6.45) is 0. The number of thioether (sulfide) groups is 1. The van der Waals surface area contributed by atoms with Crippen LogP contribution in [0.5, 0.6) is 0 Å². The fourth-order valence-corrected chi connectivity index (χ4v) is 1.75. The molecule has 0 fully saturated rings. The minimum atomic E-state index is -0.157. The van der Waals surface area contributed by atoms with Gasteiger partial charge in [0.25, 0.3) is 0 Å². The van der Waals surface area contributed by atoms with Crippen LogP contribution in [0, 0.1) is 10.7 Å². The summed E-state index contributed by atoms with van der Waals surface area (Å²) in [6.45, 7) is 1.43. The van der Waals surface area contributed by atoms with Gasteiger partial charge in [-0.05, 0) is 28.6 Å². The lowest BCUT2D eigenvalue weighted by molar-refractivity contribution is -0.114. The van der Waals surface area contributed by atoms with E-state index >= 15 is 0 Å². The van der Waals surface area contributed by atoms with E-state index in [1.807, 2.05) is 5.40 Å². The minimum absolute atomic E-state index is 0.157. The Morgan fingerprint density at radius 3 is 3.11 bits per heavy atom. The lowest BCUT2D eigenvalue weighted by Crippen LogP contribution is -2.06. The standard InChI is InChI=1S/C10H8N6OS/c1-7(17)12-8-3-2-4-9(5-8)16-10(18-6-11)13-14-15-16/h2-5H,1H3,(H,12,17). The number of anilines is 1. The molecule has 7 nitrogen and oxygen atoms in total. The lowest BCUT2D eigenvalue weighted by Gasteiger charge is -2.05. The second-order valence-corrected chi connectivity index (χ2v) is 4.05. The van der Waals surface area contributed by atoms with Gasteiger partial charge in [0, 0.05) is 24.4 Å². The number of carbonyl (C=O) groups excluding carboxylic acids is 1. The number of aromatic nitrogens is 4. The topological polar surface area (TPSA) is 96.5 Å². The van der Waals surface area contributed by atoms with Crippen LogP contribution in [0.25, 0.3) is 5.69 Å². The Morgan fingerprint density at radius 2 is 2.39 bits per heavy atom. The number of nitrogens with zero attached hydrogens (tertiary/aromatic N) is 5. The number of nitrogens with one attached hydrogen (secondary N) is 1. The Bertz CT molecular complexity index is 617. The molecule has 2 rings (SSSR count). The highest BCUT2D eigenvalue weighted by atomic mass is 32.2. The maximum absolute atomic E-state index is 11.0. The van der Waals surface area contributed by atoms with Gasteiger partial charge in [-0.25, -0.2) is 0 Å². The van der Waals surface area contributed by atoms with Gasteiger partial charge >= 0.3 is 0 Å². The zero-order chi connectivity index (χ0) is 13.0. The molecule has 90 valence electrons. The van der Waals surface area contributed by atoms with Gasteiger partial charge in [-0.3, -0.25) is 4.79 Å². The highest BCUT2D eigenvalue weighted by molar-refractivity contribution is 8.03. The van der Waals surface area contributed by atoms with E-state index in [1.165, 1.54) is 11.6 Å². The molecule has 0 radical (unpaired) electrons. The van der Waals surface area contributed by atoms with Crippen LogP contribution in [0.15, 0.2) is 29.4 Å². The van der Waals surface area contributed by atoms with Crippen LogP contribution in [0.2, 0.25) is 0 Å². The van der Waals surface area contributed by atoms with Crippen LogP contribution in [0.4, 0.5) is 5.69 Å². The molecule has 1 amide bonds. The molecule has 18 heavy (non-hydrogen) atoms. The molecule has 0 aliphatic heterocycles. The second kappa shape index (κ2) is 5.29. The lowest BCUT2D eigenvalue weighted by atomic mass is 10.3. The van der Waals surface area contributed by atoms with E-state index < -0.39 is 0 Å². The van der Waals surface area contributed by atoms with Crippen molar-refractivity contribution >= 4 is 23.4 Å². The normalized spacial score (nSPS) is 9.78. The first-order valence-electron chi connectivity index (χ1n) is 4.93. The van der Waals surface area contributed by atoms with E-state index in [0.29, 0.717) is 16.5 Å². The number of benzene rings is 1. The van der Waals surface area contributed by atoms with Crippen molar-refractivity contribution in [1.82, 2.24) is 20.2 Å². The first kappa shape index (κ1) is 12.1. The van der Waals surface area contributed by atoms with Crippen molar-refractivity contribution in [1.29, 1.82) is 5.26 Å². The van der Waals surface area contributed by atoms with Crippen LogP contribution < -0.4 is 5.32 Å². The molecule has 1 aromatic carbocycles. The van der Waals surface area contributed by atoms with Gasteiger partial charge in [0.2, 0.25) is 11.1 Å². The monoisotopic (exact) mass is 260 g/mol. The zero-order valence-corrected chi connectivity index (χ0v) is 10.2. The van der Waals surface area contributed by atoms with Gasteiger partial charge in [-0.1, -0.05) is 6.07 Å². The number of tetrazole rings is 1. The molecule has 1 aromatic heterocycles. The van der Waals surface area contributed by atoms with Crippen molar-refractivity contribution < 1.29 is 4.79 Å². The van der Waals surface area contributed by atoms with Gasteiger partial charge < -0.3 is 5.32 Å². The van der Waals surface area contributed by atoms with Crippen molar-refractivity contribution in [3.63, 3.8) is 0 Å². The molecule has 1 N–H and O–H groups in total. The number of amides is 1. The Balaban J connectivity index is 2.36. The molecule has 0 aliphatic carbocycles. The molecule has 0 unspecified atom stereocenters. The van der Waals surface area contributed by atoms with Crippen LogP contribution in [-0.4, -0.2) is 26.1 Å². The minimum Gasteiger partial charge on any atom is -0.326 e. The van der Waals surface area contributed by atoms with Gasteiger partial charge in [0.15, 0.2) is 0 Å². The number of rotatable bonds is 3. The molecule has 0 atom stereocenters. The van der Waals surface area contributed by atoms with E-state index in [4.69, 9.17) is 5.26 Å². The van der Waals surface area contributed by atoms with Crippen molar-refractivity contribution in [3.8, 4) is 11.1 Å². The van der Waals surface area contributed by atoms with E-state index in [9.17, 15) is 4.79 Å². The summed E-state index contributed by atoms with van der Waals surface area (Å²) in [5.74, 6) is -0.157. The average molecular weight is 260 g/mol. The summed E-state index contributed by atoms with van der Waals surface area (Å²) < 4.78 is 1.43. The first-order chi connectivity index (χ1) is 8.70. The van der Waals surface area contributed by atoms with Crippen LogP contribution in [0.3, 0.4) is 0 Å². The molecule has 0 saturated heterocycles. The summed E-state index contributed by atoms with van der Waals surface area (Å²) in [4.78, 5) is 11.0. The first-order valence-corrected chi connectivity index (χ1v) is 5.74. The number of hydrogen-bond donors (Lipinski definition) is 1. The maximum atomic E-state index is 11.0. The van der Waals surface area contributed by atoms with Gasteiger partial charge in [0.1, 0.15) is 5.40 Å². The molecule has 0 saturated carbocycles. The van der Waals surface area contributed by atoms with Crippen molar-refractivity contribution in [2.75, 3.05) is 5.32 Å². The Kier molecular flexibility index (Phi) is 3.54. The molecule has 8 heteroatoms. The van der Waals surface area contributed by atoms with Gasteiger partial charge in [0.05, 0.1) is 5.69 Å². The summed E-state index contributed by atoms with van der Waals surface area (Å²) in [7, 11) is 0. The fourth-order valence-electron chi connectivity index (χ4n) is 1.36. The third kappa shape index (κ3) is 2.64. The van der Waals surface area contributed by atoms with Crippen LogP contribution in [0.1, 0.15) is 6.92 Å². The highest BCUT2D eigenvalue weighted by Gasteiger charge is 2.09. The highest BCUT2D eigenvalue weighted by Crippen LogP contribution is 2.19. The fraction of sp³-hybridized carbons (Fsp3) is 0.100. The van der Waals surface area contributed by atoms with E-state index in [2.05, 4.69) is 20.8 Å². The van der Waals surface area contributed by atoms with Crippen LogP contribution in [-0.2, 0) is 4.79 Å². The third-order valence-electron chi connectivity index (χ3n) is 1.99. The molecule has 0 bridgehead atoms. The molecular weight excluding hydrogens is 252 g/mol. The second-order valence-electron chi connectivity index (χ2n) is 3.30. The number of thiocyanates is 1. The summed E-state index contributed by atoms with van der Waals surface area (Å²) in [6, 6.07) is 7.03. The molecule has 1 heterocycles. The van der Waals surface area contributed by atoms with Crippen molar-refractivity contribution in [2.45, 2.75) is 12.1 Å². The summed E-state index contributed by atoms with van der Waals surface area (Å²) >= 11 is 0.868. The Hall–Kier alpha value is -2.40. The number of hydrogen-bond acceptors (Lipinski definition) is 6. The van der Waals surface area contributed by atoms with Crippen molar-refractivity contribution in [2.24, 2.45) is 0 Å². The van der Waals surface area contributed by atoms with Crippen molar-refractivity contribution in [3.05, 3.63) is 24.3 Å². The predicted molar refractivity (Wildman–Crippen MR) is 64.9 cm³/mol. The average Bonchev–Trinajstić information content (AvgIpc) is 2.77. The van der Waals surface area contributed by atoms with Gasteiger partial charge in [-0.2, -0.15) is 9.94 Å². The quantitative estimate of drug-likeness (QED) is 0.657. The zero-order valence-electron chi connectivity index (χ0n) is 9.36. The number of carbonyl (C=O) groups is 1. The Labute approximate surface area is 107 Å². The largest absolute Gasteiger partial charge is 0.326 e. The summed E-state index contributed by atoms with van der Waals surface area (Å²) in [5, 5.41) is 24.6. The van der Waals surface area contributed by atoms with E-state index in [-0.39, 0.29) is 5.91 Å². The maximum Gasteiger partial charge on any atom is 0.228 e. The van der Waals surface area contributed by atoms with Gasteiger partial charge in [-0.15, -0.1) is 5.10 Å². The molecule has 0 spiro atoms. The van der Waals surface area contributed by atoms with Crippen LogP contribution >= 0.6 is 11.8 Å². The predicted octanol–water partition coefficient (Wildman–Crippen LogP) is 1.19. The van der Waals surface area contributed by atoms with E-state index in [0.717, 1.165) is 11.8 Å². The molecule has 2 aromatic rings.